The van der Waals surface area contributed by atoms with Crippen LogP contribution in [0.25, 0.3) is 11.0 Å². The molecule has 1 aromatic heterocycles. The van der Waals surface area contributed by atoms with Gasteiger partial charge in [0.05, 0.1) is 17.5 Å². The monoisotopic (exact) mass is 269 g/mol. The molecule has 0 amide bonds. The zero-order valence-corrected chi connectivity index (χ0v) is 10.3. The Hall–Kier alpha value is -2.18. The maximum absolute atomic E-state index is 13.1. The number of halogens is 2. The van der Waals surface area contributed by atoms with Gasteiger partial charge in [0.25, 0.3) is 0 Å². The highest BCUT2D eigenvalue weighted by molar-refractivity contribution is 5.78. The molecule has 0 aliphatic carbocycles. The summed E-state index contributed by atoms with van der Waals surface area (Å²) in [6.07, 6.45) is -0.0341. The first kappa shape index (κ1) is 13.3. The Morgan fingerprint density at radius 3 is 2.74 bits per heavy atom. The van der Waals surface area contributed by atoms with Crippen LogP contribution in [-0.2, 0) is 4.79 Å². The number of imidazole rings is 1. The van der Waals surface area contributed by atoms with E-state index < -0.39 is 17.6 Å². The summed E-state index contributed by atoms with van der Waals surface area (Å²) in [5.74, 6) is -2.41. The highest BCUT2D eigenvalue weighted by atomic mass is 19.2. The molecule has 0 atom stereocenters. The van der Waals surface area contributed by atoms with Crippen molar-refractivity contribution >= 4 is 23.0 Å². The maximum Gasteiger partial charge on any atom is 0.305 e. The van der Waals surface area contributed by atoms with E-state index in [2.05, 4.69) is 9.97 Å². The molecule has 1 heterocycles. The summed E-state index contributed by atoms with van der Waals surface area (Å²) in [7, 11) is 0. The molecule has 0 saturated heterocycles. The fourth-order valence-corrected chi connectivity index (χ4v) is 1.79. The Bertz CT molecular complexity index is 573. The van der Waals surface area contributed by atoms with Crippen molar-refractivity contribution < 1.29 is 18.7 Å². The van der Waals surface area contributed by atoms with Gasteiger partial charge in [0.1, 0.15) is 0 Å². The third-order valence-electron chi connectivity index (χ3n) is 2.79. The number of hydrogen-bond donors (Lipinski definition) is 2. The van der Waals surface area contributed by atoms with Gasteiger partial charge in [0, 0.05) is 25.2 Å². The van der Waals surface area contributed by atoms with E-state index in [1.807, 2.05) is 6.92 Å². The lowest BCUT2D eigenvalue weighted by Crippen LogP contribution is -2.26. The summed E-state index contributed by atoms with van der Waals surface area (Å²) >= 11 is 0. The van der Waals surface area contributed by atoms with Crippen LogP contribution in [0.2, 0.25) is 0 Å². The standard InChI is InChI=1S/C12H13F2N3O2/c1-2-17(4-3-11(18)19)12-15-9-5-7(13)8(14)6-10(9)16-12/h5-6H,2-4H2,1H3,(H,15,16)(H,18,19). The quantitative estimate of drug-likeness (QED) is 0.872. The lowest BCUT2D eigenvalue weighted by molar-refractivity contribution is -0.136. The van der Waals surface area contributed by atoms with Crippen LogP contribution in [0.5, 0.6) is 0 Å². The normalized spacial score (nSPS) is 10.9. The van der Waals surface area contributed by atoms with Gasteiger partial charge in [0.2, 0.25) is 5.95 Å². The van der Waals surface area contributed by atoms with Gasteiger partial charge >= 0.3 is 5.97 Å². The van der Waals surface area contributed by atoms with E-state index in [1.54, 1.807) is 4.90 Å². The number of hydrogen-bond acceptors (Lipinski definition) is 3. The number of carboxylic acid groups (broad SMARTS) is 1. The van der Waals surface area contributed by atoms with E-state index in [9.17, 15) is 13.6 Å². The number of anilines is 1. The summed E-state index contributed by atoms with van der Waals surface area (Å²) in [6.45, 7) is 2.66. The number of nitrogens with one attached hydrogen (secondary N) is 1. The van der Waals surface area contributed by atoms with Crippen molar-refractivity contribution in [3.63, 3.8) is 0 Å². The van der Waals surface area contributed by atoms with Gasteiger partial charge in [-0.25, -0.2) is 13.8 Å². The first-order valence-corrected chi connectivity index (χ1v) is 5.82. The summed E-state index contributed by atoms with van der Waals surface area (Å²) in [5, 5.41) is 8.66. The van der Waals surface area contributed by atoms with E-state index in [0.29, 0.717) is 23.5 Å². The lowest BCUT2D eigenvalue weighted by Gasteiger charge is -2.18. The van der Waals surface area contributed by atoms with Crippen LogP contribution in [0.15, 0.2) is 12.1 Å². The minimum absolute atomic E-state index is 0.0341. The molecule has 0 fully saturated rings. The number of nitrogens with zero attached hydrogens (tertiary/aromatic N) is 2. The van der Waals surface area contributed by atoms with Gasteiger partial charge in [-0.2, -0.15) is 0 Å². The fourth-order valence-electron chi connectivity index (χ4n) is 1.79. The van der Waals surface area contributed by atoms with Gasteiger partial charge in [0.15, 0.2) is 11.6 Å². The zero-order chi connectivity index (χ0) is 14.0. The smallest absolute Gasteiger partial charge is 0.305 e. The van der Waals surface area contributed by atoms with Crippen LogP contribution in [0.3, 0.4) is 0 Å². The van der Waals surface area contributed by atoms with Crippen molar-refractivity contribution in [2.75, 3.05) is 18.0 Å². The molecule has 0 radical (unpaired) electrons. The first-order valence-electron chi connectivity index (χ1n) is 5.82. The van der Waals surface area contributed by atoms with E-state index in [4.69, 9.17) is 5.11 Å². The number of H-pyrrole nitrogens is 1. The van der Waals surface area contributed by atoms with E-state index >= 15 is 0 Å². The van der Waals surface area contributed by atoms with Crippen molar-refractivity contribution in [1.29, 1.82) is 0 Å². The number of aromatic amines is 1. The lowest BCUT2D eigenvalue weighted by atomic mass is 10.3. The molecule has 0 bridgehead atoms. The highest BCUT2D eigenvalue weighted by Gasteiger charge is 2.13. The average Bonchev–Trinajstić information content (AvgIpc) is 2.73. The number of aliphatic carboxylic acids is 1. The van der Waals surface area contributed by atoms with E-state index in [-0.39, 0.29) is 13.0 Å². The number of aromatic nitrogens is 2. The van der Waals surface area contributed by atoms with Crippen LogP contribution >= 0.6 is 0 Å². The molecule has 7 heteroatoms. The zero-order valence-electron chi connectivity index (χ0n) is 10.3. The molecule has 2 rings (SSSR count). The third kappa shape index (κ3) is 2.81. The van der Waals surface area contributed by atoms with Gasteiger partial charge in [-0.3, -0.25) is 4.79 Å². The van der Waals surface area contributed by atoms with Crippen LogP contribution in [-0.4, -0.2) is 34.1 Å². The molecule has 0 aliphatic heterocycles. The maximum atomic E-state index is 13.1. The highest BCUT2D eigenvalue weighted by Crippen LogP contribution is 2.20. The second kappa shape index (κ2) is 5.21. The molecule has 2 N–H and O–H groups in total. The molecule has 0 aliphatic rings. The van der Waals surface area contributed by atoms with Crippen LogP contribution in [0.1, 0.15) is 13.3 Å². The summed E-state index contributed by atoms with van der Waals surface area (Å²) < 4.78 is 26.2. The van der Waals surface area contributed by atoms with Crippen LogP contribution in [0, 0.1) is 11.6 Å². The van der Waals surface area contributed by atoms with E-state index in [1.165, 1.54) is 0 Å². The Morgan fingerprint density at radius 2 is 2.11 bits per heavy atom. The van der Waals surface area contributed by atoms with Gasteiger partial charge in [-0.05, 0) is 6.92 Å². The number of fused-ring (bicyclic) bond motifs is 1. The first-order chi connectivity index (χ1) is 9.01. The van der Waals surface area contributed by atoms with Crippen molar-refractivity contribution in [3.05, 3.63) is 23.8 Å². The topological polar surface area (TPSA) is 69.2 Å². The third-order valence-corrected chi connectivity index (χ3v) is 2.79. The van der Waals surface area contributed by atoms with Crippen LogP contribution < -0.4 is 4.90 Å². The second-order valence-electron chi connectivity index (χ2n) is 4.07. The number of carboxylic acids is 1. The second-order valence-corrected chi connectivity index (χ2v) is 4.07. The molecule has 1 aromatic carbocycles. The fraction of sp³-hybridized carbons (Fsp3) is 0.333. The molecule has 0 spiro atoms. The minimum atomic E-state index is -0.959. The Kier molecular flexibility index (Phi) is 3.64. The number of rotatable bonds is 5. The molecule has 19 heavy (non-hydrogen) atoms. The van der Waals surface area contributed by atoms with Crippen molar-refractivity contribution in [2.24, 2.45) is 0 Å². The van der Waals surface area contributed by atoms with Crippen molar-refractivity contribution in [2.45, 2.75) is 13.3 Å². The molecule has 0 saturated carbocycles. The summed E-state index contributed by atoms with van der Waals surface area (Å²) in [6, 6.07) is 2.04. The van der Waals surface area contributed by atoms with Gasteiger partial charge in [-0.1, -0.05) is 0 Å². The molecule has 5 nitrogen and oxygen atoms in total. The summed E-state index contributed by atoms with van der Waals surface area (Å²) in [4.78, 5) is 19.2. The minimum Gasteiger partial charge on any atom is -0.481 e. The van der Waals surface area contributed by atoms with E-state index in [0.717, 1.165) is 12.1 Å². The number of benzene rings is 1. The molecule has 102 valence electrons. The van der Waals surface area contributed by atoms with Gasteiger partial charge in [-0.15, -0.1) is 0 Å². The molecular formula is C12H13F2N3O2. The van der Waals surface area contributed by atoms with Gasteiger partial charge < -0.3 is 15.0 Å². The Labute approximate surface area is 107 Å². The summed E-state index contributed by atoms with van der Waals surface area (Å²) in [5.41, 5.74) is 0.686. The Balaban J connectivity index is 2.30. The molecular weight excluding hydrogens is 256 g/mol. The van der Waals surface area contributed by atoms with Crippen molar-refractivity contribution in [1.82, 2.24) is 9.97 Å². The van der Waals surface area contributed by atoms with Crippen LogP contribution in [0.4, 0.5) is 14.7 Å². The molecule has 2 aromatic rings. The molecule has 0 unspecified atom stereocenters. The average molecular weight is 269 g/mol. The van der Waals surface area contributed by atoms with Crippen molar-refractivity contribution in [3.8, 4) is 0 Å². The predicted molar refractivity (Wildman–Crippen MR) is 66.1 cm³/mol. The number of carbonyl (C=O) groups is 1. The largest absolute Gasteiger partial charge is 0.481 e. The Morgan fingerprint density at radius 1 is 1.42 bits per heavy atom. The SMILES string of the molecule is CCN(CCC(=O)O)c1nc2cc(F)c(F)cc2[nH]1. The predicted octanol–water partition coefficient (Wildman–Crippen LogP) is 2.14.